The van der Waals surface area contributed by atoms with Gasteiger partial charge in [0.1, 0.15) is 6.61 Å². The first kappa shape index (κ1) is 18.7. The average Bonchev–Trinajstić information content (AvgIpc) is 2.70. The number of ether oxygens (including phenoxy) is 1. The summed E-state index contributed by atoms with van der Waals surface area (Å²) in [5.41, 5.74) is 2.91. The third-order valence-electron chi connectivity index (χ3n) is 4.09. The van der Waals surface area contributed by atoms with Crippen LogP contribution in [0.2, 0.25) is 0 Å². The number of aromatic nitrogens is 2. The molecule has 0 amide bonds. The molecule has 5 nitrogen and oxygen atoms in total. The molecule has 0 saturated heterocycles. The Bertz CT molecular complexity index is 769. The van der Waals surface area contributed by atoms with Gasteiger partial charge in [-0.15, -0.1) is 0 Å². The van der Waals surface area contributed by atoms with Gasteiger partial charge in [-0.3, -0.25) is 19.7 Å². The summed E-state index contributed by atoms with van der Waals surface area (Å²) < 4.78 is 5.43. The number of nitrogens with zero attached hydrogens (tertiary/aromatic N) is 3. The number of hydrogen-bond acceptors (Lipinski definition) is 5. The summed E-state index contributed by atoms with van der Waals surface area (Å²) in [4.78, 5) is 23.0. The zero-order valence-electron chi connectivity index (χ0n) is 15.2. The second-order valence-electron chi connectivity index (χ2n) is 6.24. The zero-order chi connectivity index (χ0) is 18.7. The Morgan fingerprint density at radius 3 is 1.96 bits per heavy atom. The molecule has 0 saturated carbocycles. The molecule has 0 radical (unpaired) electrons. The minimum atomic E-state index is -0.211. The summed E-state index contributed by atoms with van der Waals surface area (Å²) in [6.07, 6.45) is 3.86. The molecule has 138 valence electrons. The number of hydrogen-bond donors (Lipinski definition) is 0. The van der Waals surface area contributed by atoms with Gasteiger partial charge in [0.15, 0.2) is 0 Å². The fourth-order valence-corrected chi connectivity index (χ4v) is 2.76. The van der Waals surface area contributed by atoms with Crippen LogP contribution in [0.25, 0.3) is 0 Å². The standard InChI is InChI=1S/C22H23N3O2/c26-22(16-19-8-2-1-3-9-19)27-15-14-25(17-20-10-4-6-12-23-20)18-21-11-5-7-13-24-21/h1-13H,14-18H2. The lowest BCUT2D eigenvalue weighted by Crippen LogP contribution is -2.28. The second-order valence-corrected chi connectivity index (χ2v) is 6.24. The van der Waals surface area contributed by atoms with Gasteiger partial charge in [0.2, 0.25) is 0 Å². The van der Waals surface area contributed by atoms with Crippen LogP contribution in [0.15, 0.2) is 79.1 Å². The summed E-state index contributed by atoms with van der Waals surface area (Å²) in [5, 5.41) is 0. The molecule has 0 bridgehead atoms. The van der Waals surface area contributed by atoms with Crippen molar-refractivity contribution in [2.45, 2.75) is 19.5 Å². The number of rotatable bonds is 9. The van der Waals surface area contributed by atoms with Crippen molar-refractivity contribution in [2.75, 3.05) is 13.2 Å². The zero-order valence-corrected chi connectivity index (χ0v) is 15.2. The van der Waals surface area contributed by atoms with Crippen LogP contribution < -0.4 is 0 Å². The lowest BCUT2D eigenvalue weighted by atomic mass is 10.2. The van der Waals surface area contributed by atoms with Crippen LogP contribution >= 0.6 is 0 Å². The monoisotopic (exact) mass is 361 g/mol. The third-order valence-corrected chi connectivity index (χ3v) is 4.09. The SMILES string of the molecule is O=C(Cc1ccccc1)OCCN(Cc1ccccn1)Cc1ccccn1. The summed E-state index contributed by atoms with van der Waals surface area (Å²) in [6.45, 7) is 2.31. The maximum Gasteiger partial charge on any atom is 0.310 e. The van der Waals surface area contributed by atoms with E-state index < -0.39 is 0 Å². The Morgan fingerprint density at radius 1 is 0.815 bits per heavy atom. The van der Waals surface area contributed by atoms with Crippen molar-refractivity contribution in [3.8, 4) is 0 Å². The molecule has 0 fully saturated rings. The molecule has 3 aromatic rings. The largest absolute Gasteiger partial charge is 0.464 e. The molecule has 27 heavy (non-hydrogen) atoms. The molecule has 0 N–H and O–H groups in total. The topological polar surface area (TPSA) is 55.3 Å². The Labute approximate surface area is 159 Å². The maximum absolute atomic E-state index is 12.0. The van der Waals surface area contributed by atoms with Gasteiger partial charge < -0.3 is 4.74 Å². The minimum Gasteiger partial charge on any atom is -0.464 e. The molecular formula is C22H23N3O2. The highest BCUT2D eigenvalue weighted by Crippen LogP contribution is 2.07. The van der Waals surface area contributed by atoms with E-state index in [0.29, 0.717) is 32.7 Å². The number of pyridine rings is 2. The molecule has 0 aliphatic heterocycles. The van der Waals surface area contributed by atoms with Gasteiger partial charge in [-0.05, 0) is 29.8 Å². The van der Waals surface area contributed by atoms with Crippen LogP contribution in [0.1, 0.15) is 17.0 Å². The van der Waals surface area contributed by atoms with E-state index in [-0.39, 0.29) is 5.97 Å². The van der Waals surface area contributed by atoms with Crippen LogP contribution in [0.4, 0.5) is 0 Å². The van der Waals surface area contributed by atoms with Crippen molar-refractivity contribution in [1.29, 1.82) is 0 Å². The van der Waals surface area contributed by atoms with Crippen molar-refractivity contribution >= 4 is 5.97 Å². The first-order valence-corrected chi connectivity index (χ1v) is 9.01. The van der Waals surface area contributed by atoms with Crippen molar-refractivity contribution in [3.05, 3.63) is 96.1 Å². The van der Waals surface area contributed by atoms with Crippen molar-refractivity contribution in [3.63, 3.8) is 0 Å². The summed E-state index contributed by atoms with van der Waals surface area (Å²) in [7, 11) is 0. The summed E-state index contributed by atoms with van der Waals surface area (Å²) in [6, 6.07) is 21.4. The Balaban J connectivity index is 1.53. The van der Waals surface area contributed by atoms with Crippen molar-refractivity contribution in [1.82, 2.24) is 14.9 Å². The number of carbonyl (C=O) groups excluding carboxylic acids is 1. The normalized spacial score (nSPS) is 10.7. The van der Waals surface area contributed by atoms with Crippen LogP contribution in [-0.2, 0) is 29.0 Å². The van der Waals surface area contributed by atoms with Crippen molar-refractivity contribution in [2.24, 2.45) is 0 Å². The van der Waals surface area contributed by atoms with Gasteiger partial charge in [0.05, 0.1) is 17.8 Å². The first-order chi connectivity index (χ1) is 13.3. The Hall–Kier alpha value is -3.05. The molecule has 0 atom stereocenters. The van der Waals surface area contributed by atoms with E-state index in [2.05, 4.69) is 14.9 Å². The van der Waals surface area contributed by atoms with Crippen LogP contribution in [0.3, 0.4) is 0 Å². The smallest absolute Gasteiger partial charge is 0.310 e. The molecule has 0 aliphatic carbocycles. The molecule has 0 spiro atoms. The highest BCUT2D eigenvalue weighted by molar-refractivity contribution is 5.72. The van der Waals surface area contributed by atoms with Crippen LogP contribution in [0, 0.1) is 0 Å². The highest BCUT2D eigenvalue weighted by atomic mass is 16.5. The first-order valence-electron chi connectivity index (χ1n) is 9.01. The van der Waals surface area contributed by atoms with E-state index in [1.54, 1.807) is 12.4 Å². The summed E-state index contributed by atoms with van der Waals surface area (Å²) >= 11 is 0. The van der Waals surface area contributed by atoms with E-state index in [4.69, 9.17) is 4.74 Å². The molecule has 2 aromatic heterocycles. The van der Waals surface area contributed by atoms with Crippen molar-refractivity contribution < 1.29 is 9.53 Å². The lowest BCUT2D eigenvalue weighted by molar-refractivity contribution is -0.143. The summed E-state index contributed by atoms with van der Waals surface area (Å²) in [5.74, 6) is -0.211. The molecule has 2 heterocycles. The quantitative estimate of drug-likeness (QED) is 0.548. The number of esters is 1. The van der Waals surface area contributed by atoms with E-state index >= 15 is 0 Å². The fraction of sp³-hybridized carbons (Fsp3) is 0.227. The fourth-order valence-electron chi connectivity index (χ4n) is 2.76. The van der Waals surface area contributed by atoms with E-state index in [9.17, 15) is 4.79 Å². The maximum atomic E-state index is 12.0. The predicted molar refractivity (Wildman–Crippen MR) is 104 cm³/mol. The average molecular weight is 361 g/mol. The third kappa shape index (κ3) is 6.64. The molecule has 1 aromatic carbocycles. The lowest BCUT2D eigenvalue weighted by Gasteiger charge is -2.21. The van der Waals surface area contributed by atoms with Gasteiger partial charge in [-0.2, -0.15) is 0 Å². The van der Waals surface area contributed by atoms with E-state index in [1.807, 2.05) is 66.7 Å². The van der Waals surface area contributed by atoms with Crippen LogP contribution in [-0.4, -0.2) is 34.0 Å². The number of benzene rings is 1. The van der Waals surface area contributed by atoms with Gasteiger partial charge in [0.25, 0.3) is 0 Å². The molecule has 3 rings (SSSR count). The van der Waals surface area contributed by atoms with Gasteiger partial charge in [-0.1, -0.05) is 42.5 Å². The number of carbonyl (C=O) groups is 1. The Morgan fingerprint density at radius 2 is 1.41 bits per heavy atom. The van der Waals surface area contributed by atoms with E-state index in [1.165, 1.54) is 0 Å². The highest BCUT2D eigenvalue weighted by Gasteiger charge is 2.11. The predicted octanol–water partition coefficient (Wildman–Crippen LogP) is 3.26. The molecule has 0 aliphatic rings. The molecule has 5 heteroatoms. The Kier molecular flexibility index (Phi) is 7.07. The second kappa shape index (κ2) is 10.2. The van der Waals surface area contributed by atoms with Gasteiger partial charge in [0, 0.05) is 32.0 Å². The van der Waals surface area contributed by atoms with Crippen LogP contribution in [0.5, 0.6) is 0 Å². The molecular weight excluding hydrogens is 338 g/mol. The molecule has 0 unspecified atom stereocenters. The van der Waals surface area contributed by atoms with Gasteiger partial charge in [-0.25, -0.2) is 0 Å². The van der Waals surface area contributed by atoms with Gasteiger partial charge >= 0.3 is 5.97 Å². The minimum absolute atomic E-state index is 0.211. The van der Waals surface area contributed by atoms with E-state index in [0.717, 1.165) is 17.0 Å².